The highest BCUT2D eigenvalue weighted by molar-refractivity contribution is 7.53. The molecule has 0 saturated carbocycles. The molecule has 2 N–H and O–H groups in total. The van der Waals surface area contributed by atoms with E-state index in [0.717, 1.165) is 7.11 Å². The molecule has 7 heteroatoms. The van der Waals surface area contributed by atoms with Crippen LogP contribution < -0.4 is 0 Å². The molecule has 0 radical (unpaired) electrons. The minimum atomic E-state index is -4.37. The van der Waals surface area contributed by atoms with Crippen LogP contribution in [0.15, 0.2) is 0 Å². The van der Waals surface area contributed by atoms with Gasteiger partial charge in [-0.25, -0.2) is 4.79 Å². The number of carbonyl (C=O) groups excluding carboxylic acids is 1. The maximum atomic E-state index is 10.8. The second-order valence-electron chi connectivity index (χ2n) is 2.86. The molecule has 0 atom stereocenters. The summed E-state index contributed by atoms with van der Waals surface area (Å²) >= 11 is 0. The minimum Gasteiger partial charge on any atom is -0.467 e. The molecule has 0 heterocycles. The minimum absolute atomic E-state index is 0.478. The van der Waals surface area contributed by atoms with E-state index in [4.69, 9.17) is 14.5 Å². The first-order chi connectivity index (χ1) is 5.70. The largest absolute Gasteiger partial charge is 0.467 e. The van der Waals surface area contributed by atoms with Gasteiger partial charge in [0, 0.05) is 0 Å². The van der Waals surface area contributed by atoms with Crippen LogP contribution in [-0.4, -0.2) is 34.8 Å². The number of esters is 1. The van der Waals surface area contributed by atoms with Crippen LogP contribution >= 0.6 is 7.60 Å². The highest BCUT2D eigenvalue weighted by Gasteiger charge is 2.39. The van der Waals surface area contributed by atoms with Crippen molar-refractivity contribution in [1.29, 1.82) is 0 Å². The molecule has 0 unspecified atom stereocenters. The van der Waals surface area contributed by atoms with Gasteiger partial charge in [-0.2, -0.15) is 0 Å². The van der Waals surface area contributed by atoms with Crippen LogP contribution in [0.3, 0.4) is 0 Å². The van der Waals surface area contributed by atoms with Gasteiger partial charge < -0.3 is 19.3 Å². The summed E-state index contributed by atoms with van der Waals surface area (Å²) in [6.07, 6.45) is 0. The van der Waals surface area contributed by atoms with Gasteiger partial charge in [0.15, 0.2) is 5.34 Å². The second kappa shape index (κ2) is 4.19. The Kier molecular flexibility index (Phi) is 4.06. The summed E-state index contributed by atoms with van der Waals surface area (Å²) < 4.78 is 19.7. The summed E-state index contributed by atoms with van der Waals surface area (Å²) in [4.78, 5) is 28.1. The number of hydrogen-bond donors (Lipinski definition) is 2. The highest BCUT2D eigenvalue weighted by Crippen LogP contribution is 2.50. The van der Waals surface area contributed by atoms with Crippen molar-refractivity contribution in [2.24, 2.45) is 0 Å². The molecule has 0 aromatic heterocycles. The lowest BCUT2D eigenvalue weighted by molar-refractivity contribution is -0.148. The van der Waals surface area contributed by atoms with Crippen LogP contribution in [0.2, 0.25) is 0 Å². The summed E-state index contributed by atoms with van der Waals surface area (Å²) in [5.74, 6) is -0.679. The van der Waals surface area contributed by atoms with Crippen molar-refractivity contribution < 1.29 is 28.6 Å². The van der Waals surface area contributed by atoms with Crippen LogP contribution in [0.1, 0.15) is 13.8 Å². The van der Waals surface area contributed by atoms with E-state index in [2.05, 4.69) is 4.74 Å². The Labute approximate surface area is 76.0 Å². The van der Waals surface area contributed by atoms with E-state index in [1.54, 1.807) is 0 Å². The SMILES string of the molecule is COC(=O)COC(C)(C)P(=O)(O)O. The Morgan fingerprint density at radius 2 is 1.92 bits per heavy atom. The Morgan fingerprint density at radius 1 is 1.46 bits per heavy atom. The molecule has 0 bridgehead atoms. The van der Waals surface area contributed by atoms with Crippen molar-refractivity contribution in [3.63, 3.8) is 0 Å². The van der Waals surface area contributed by atoms with Gasteiger partial charge in [-0.3, -0.25) is 4.57 Å². The van der Waals surface area contributed by atoms with Crippen molar-refractivity contribution >= 4 is 13.6 Å². The smallest absolute Gasteiger partial charge is 0.356 e. The van der Waals surface area contributed by atoms with E-state index in [-0.39, 0.29) is 0 Å². The van der Waals surface area contributed by atoms with Gasteiger partial charge in [-0.15, -0.1) is 0 Å². The van der Waals surface area contributed by atoms with Crippen LogP contribution in [0.4, 0.5) is 0 Å². The Balaban J connectivity index is 4.20. The highest BCUT2D eigenvalue weighted by atomic mass is 31.2. The molecule has 0 spiro atoms. The standard InChI is InChI=1S/C6H13O6P/c1-6(2,13(8,9)10)12-4-5(7)11-3/h4H2,1-3H3,(H2,8,9,10). The molecule has 0 amide bonds. The van der Waals surface area contributed by atoms with Gasteiger partial charge in [-0.05, 0) is 13.8 Å². The maximum Gasteiger partial charge on any atom is 0.356 e. The zero-order chi connectivity index (χ0) is 10.7. The molecule has 0 fully saturated rings. The van der Waals surface area contributed by atoms with Crippen LogP contribution in [-0.2, 0) is 18.8 Å². The third-order valence-electron chi connectivity index (χ3n) is 1.47. The number of methoxy groups -OCH3 is 1. The molecule has 0 aromatic rings. The summed E-state index contributed by atoms with van der Waals surface area (Å²) in [5, 5.41) is -1.67. The van der Waals surface area contributed by atoms with Gasteiger partial charge in [0.2, 0.25) is 0 Å². The third kappa shape index (κ3) is 3.87. The predicted molar refractivity (Wildman–Crippen MR) is 44.1 cm³/mol. The monoisotopic (exact) mass is 212 g/mol. The molecule has 0 aromatic carbocycles. The van der Waals surface area contributed by atoms with Crippen LogP contribution in [0.5, 0.6) is 0 Å². The molecule has 0 rings (SSSR count). The zero-order valence-electron chi connectivity index (χ0n) is 7.68. The number of carbonyl (C=O) groups is 1. The molecule has 0 aliphatic rings. The fourth-order valence-electron chi connectivity index (χ4n) is 0.379. The molecule has 6 nitrogen and oxygen atoms in total. The van der Waals surface area contributed by atoms with E-state index in [0.29, 0.717) is 0 Å². The van der Waals surface area contributed by atoms with Crippen molar-refractivity contribution in [2.45, 2.75) is 19.2 Å². The lowest BCUT2D eigenvalue weighted by atomic mass is 10.4. The summed E-state index contributed by atoms with van der Waals surface area (Å²) in [7, 11) is -3.20. The van der Waals surface area contributed by atoms with Crippen molar-refractivity contribution in [2.75, 3.05) is 13.7 Å². The average Bonchev–Trinajstić information content (AvgIpc) is 1.98. The molecule has 13 heavy (non-hydrogen) atoms. The lowest BCUT2D eigenvalue weighted by Crippen LogP contribution is -2.27. The van der Waals surface area contributed by atoms with E-state index < -0.39 is 25.5 Å². The summed E-state index contributed by atoms with van der Waals surface area (Å²) in [5.41, 5.74) is 0. The predicted octanol–water partition coefficient (Wildman–Crippen LogP) is 0.0898. The van der Waals surface area contributed by atoms with E-state index >= 15 is 0 Å². The molecule has 0 saturated heterocycles. The zero-order valence-corrected chi connectivity index (χ0v) is 8.58. The van der Waals surface area contributed by atoms with E-state index in [1.807, 2.05) is 0 Å². The Morgan fingerprint density at radius 3 is 2.23 bits per heavy atom. The first-order valence-corrected chi connectivity index (χ1v) is 5.08. The van der Waals surface area contributed by atoms with E-state index in [9.17, 15) is 9.36 Å². The van der Waals surface area contributed by atoms with Crippen molar-refractivity contribution in [3.05, 3.63) is 0 Å². The summed E-state index contributed by atoms with van der Waals surface area (Å²) in [6.45, 7) is 1.93. The molecular formula is C6H13O6P. The Bertz CT molecular complexity index is 229. The Hall–Kier alpha value is -0.420. The van der Waals surface area contributed by atoms with Crippen molar-refractivity contribution in [3.8, 4) is 0 Å². The first kappa shape index (κ1) is 12.6. The molecular weight excluding hydrogens is 199 g/mol. The first-order valence-electron chi connectivity index (χ1n) is 3.47. The fraction of sp³-hybridized carbons (Fsp3) is 0.833. The molecule has 0 aliphatic carbocycles. The number of rotatable bonds is 4. The summed E-state index contributed by atoms with van der Waals surface area (Å²) in [6, 6.07) is 0. The van der Waals surface area contributed by atoms with Gasteiger partial charge >= 0.3 is 13.6 Å². The van der Waals surface area contributed by atoms with Gasteiger partial charge in [0.05, 0.1) is 7.11 Å². The van der Waals surface area contributed by atoms with Crippen molar-refractivity contribution in [1.82, 2.24) is 0 Å². The number of ether oxygens (including phenoxy) is 2. The van der Waals surface area contributed by atoms with Crippen LogP contribution in [0.25, 0.3) is 0 Å². The van der Waals surface area contributed by atoms with Gasteiger partial charge in [-0.1, -0.05) is 0 Å². The molecule has 0 aliphatic heterocycles. The second-order valence-corrected chi connectivity index (χ2v) is 5.02. The topological polar surface area (TPSA) is 93.1 Å². The average molecular weight is 212 g/mol. The normalized spacial score (nSPS) is 12.7. The van der Waals surface area contributed by atoms with Gasteiger partial charge in [0.1, 0.15) is 6.61 Å². The molecule has 78 valence electrons. The maximum absolute atomic E-state index is 10.8. The van der Waals surface area contributed by atoms with E-state index in [1.165, 1.54) is 13.8 Å². The quantitative estimate of drug-likeness (QED) is 0.506. The van der Waals surface area contributed by atoms with Crippen LogP contribution in [0, 0.1) is 0 Å². The third-order valence-corrected chi connectivity index (χ3v) is 3.00. The van der Waals surface area contributed by atoms with Gasteiger partial charge in [0.25, 0.3) is 0 Å². The number of hydrogen-bond acceptors (Lipinski definition) is 4. The fourth-order valence-corrected chi connectivity index (χ4v) is 0.611. The lowest BCUT2D eigenvalue weighted by Gasteiger charge is -2.25.